The first-order valence-corrected chi connectivity index (χ1v) is 9.03. The molecule has 0 bridgehead atoms. The Morgan fingerprint density at radius 3 is 2.92 bits per heavy atom. The van der Waals surface area contributed by atoms with Crippen molar-refractivity contribution in [1.29, 1.82) is 0 Å². The molecule has 0 radical (unpaired) electrons. The fourth-order valence-corrected chi connectivity index (χ4v) is 3.73. The number of carbonyl (C=O) groups excluding carboxylic acids is 1. The van der Waals surface area contributed by atoms with Gasteiger partial charge in [-0.05, 0) is 23.6 Å². The predicted octanol–water partition coefficient (Wildman–Crippen LogP) is 2.46. The van der Waals surface area contributed by atoms with Crippen molar-refractivity contribution < 1.29 is 9.53 Å². The second kappa shape index (κ2) is 7.16. The fourth-order valence-electron chi connectivity index (χ4n) is 2.75. The number of hydrogen-bond donors (Lipinski definition) is 1. The number of morpholine rings is 1. The monoisotopic (exact) mass is 354 g/mol. The first kappa shape index (κ1) is 16.0. The maximum absolute atomic E-state index is 12.4. The van der Waals surface area contributed by atoms with Gasteiger partial charge in [-0.25, -0.2) is 9.97 Å². The fraction of sp³-hybridized carbons (Fsp3) is 0.278. The Morgan fingerprint density at radius 1 is 1.24 bits per heavy atom. The van der Waals surface area contributed by atoms with Crippen LogP contribution in [0.15, 0.2) is 42.6 Å². The average molecular weight is 354 g/mol. The molecule has 3 heterocycles. The summed E-state index contributed by atoms with van der Waals surface area (Å²) in [5.41, 5.74) is 0.797. The molecule has 4 rings (SSSR count). The van der Waals surface area contributed by atoms with Gasteiger partial charge in [0.25, 0.3) is 5.91 Å². The Kier molecular flexibility index (Phi) is 4.58. The Balaban J connectivity index is 1.42. The summed E-state index contributed by atoms with van der Waals surface area (Å²) >= 11 is 1.50. The highest BCUT2D eigenvalue weighted by Crippen LogP contribution is 2.25. The van der Waals surface area contributed by atoms with E-state index in [2.05, 4.69) is 20.2 Å². The van der Waals surface area contributed by atoms with E-state index in [-0.39, 0.29) is 5.91 Å². The van der Waals surface area contributed by atoms with Crippen LogP contribution in [-0.2, 0) is 11.3 Å². The van der Waals surface area contributed by atoms with Gasteiger partial charge in [0.1, 0.15) is 0 Å². The quantitative estimate of drug-likeness (QED) is 0.779. The third-order valence-corrected chi connectivity index (χ3v) is 5.19. The number of thiophene rings is 1. The van der Waals surface area contributed by atoms with E-state index in [0.29, 0.717) is 30.6 Å². The number of benzene rings is 1. The van der Waals surface area contributed by atoms with Crippen molar-refractivity contribution in [1.82, 2.24) is 15.3 Å². The van der Waals surface area contributed by atoms with Crippen molar-refractivity contribution in [2.24, 2.45) is 0 Å². The summed E-state index contributed by atoms with van der Waals surface area (Å²) < 4.78 is 6.47. The van der Waals surface area contributed by atoms with Crippen LogP contribution in [0.4, 0.5) is 5.95 Å². The highest BCUT2D eigenvalue weighted by Gasteiger charge is 2.14. The molecule has 25 heavy (non-hydrogen) atoms. The molecule has 1 aliphatic rings. The number of aromatic nitrogens is 2. The standard InChI is InChI=1S/C18H18N4O2S/c23-17(16-11-13-3-1-2-4-15(13)25-16)20-12-14-5-6-19-18(21-14)22-7-9-24-10-8-22/h1-6,11H,7-10,12H2,(H,20,23). The minimum Gasteiger partial charge on any atom is -0.378 e. The molecule has 0 atom stereocenters. The molecule has 1 aromatic carbocycles. The van der Waals surface area contributed by atoms with Crippen LogP contribution in [0.1, 0.15) is 15.4 Å². The Bertz CT molecular complexity index is 856. The zero-order valence-electron chi connectivity index (χ0n) is 13.6. The van der Waals surface area contributed by atoms with E-state index in [1.54, 1.807) is 6.20 Å². The molecular formula is C18H18N4O2S. The zero-order valence-corrected chi connectivity index (χ0v) is 14.5. The number of fused-ring (bicyclic) bond motifs is 1. The molecule has 1 N–H and O–H groups in total. The molecule has 0 saturated carbocycles. The van der Waals surface area contributed by atoms with E-state index in [9.17, 15) is 4.79 Å². The highest BCUT2D eigenvalue weighted by atomic mass is 32.1. The van der Waals surface area contributed by atoms with Crippen molar-refractivity contribution in [2.45, 2.75) is 6.54 Å². The molecule has 7 heteroatoms. The van der Waals surface area contributed by atoms with E-state index >= 15 is 0 Å². The Hall–Kier alpha value is -2.51. The predicted molar refractivity (Wildman–Crippen MR) is 98.1 cm³/mol. The summed E-state index contributed by atoms with van der Waals surface area (Å²) in [5, 5.41) is 4.04. The average Bonchev–Trinajstić information content (AvgIpc) is 3.11. The Labute approximate surface area is 149 Å². The summed E-state index contributed by atoms with van der Waals surface area (Å²) in [6, 6.07) is 11.8. The van der Waals surface area contributed by atoms with Gasteiger partial charge >= 0.3 is 0 Å². The van der Waals surface area contributed by atoms with E-state index in [4.69, 9.17) is 4.74 Å². The smallest absolute Gasteiger partial charge is 0.261 e. The van der Waals surface area contributed by atoms with E-state index in [1.165, 1.54) is 11.3 Å². The first-order chi connectivity index (χ1) is 12.3. The molecule has 2 aromatic heterocycles. The number of ether oxygens (including phenoxy) is 1. The van der Waals surface area contributed by atoms with E-state index in [0.717, 1.165) is 28.9 Å². The molecule has 1 amide bonds. The van der Waals surface area contributed by atoms with Crippen LogP contribution >= 0.6 is 11.3 Å². The molecule has 0 aliphatic carbocycles. The summed E-state index contributed by atoms with van der Waals surface area (Å²) in [4.78, 5) is 24.1. The van der Waals surface area contributed by atoms with Gasteiger partial charge in [-0.1, -0.05) is 18.2 Å². The van der Waals surface area contributed by atoms with Crippen molar-refractivity contribution in [3.63, 3.8) is 0 Å². The summed E-state index contributed by atoms with van der Waals surface area (Å²) in [5.74, 6) is 0.615. The lowest BCUT2D eigenvalue weighted by Crippen LogP contribution is -2.37. The number of rotatable bonds is 4. The van der Waals surface area contributed by atoms with Crippen LogP contribution in [0, 0.1) is 0 Å². The molecule has 0 unspecified atom stereocenters. The molecule has 1 saturated heterocycles. The minimum absolute atomic E-state index is 0.0762. The van der Waals surface area contributed by atoms with Gasteiger partial charge < -0.3 is 15.0 Å². The summed E-state index contributed by atoms with van der Waals surface area (Å²) in [6.45, 7) is 3.34. The number of nitrogens with zero attached hydrogens (tertiary/aromatic N) is 3. The van der Waals surface area contributed by atoms with Crippen molar-refractivity contribution in [2.75, 3.05) is 31.2 Å². The van der Waals surface area contributed by atoms with Gasteiger partial charge in [0.15, 0.2) is 0 Å². The maximum atomic E-state index is 12.4. The highest BCUT2D eigenvalue weighted by molar-refractivity contribution is 7.20. The molecular weight excluding hydrogens is 336 g/mol. The third-order valence-electron chi connectivity index (χ3n) is 4.07. The third kappa shape index (κ3) is 3.62. The first-order valence-electron chi connectivity index (χ1n) is 8.21. The van der Waals surface area contributed by atoms with Crippen LogP contribution < -0.4 is 10.2 Å². The van der Waals surface area contributed by atoms with Gasteiger partial charge in [-0.15, -0.1) is 11.3 Å². The SMILES string of the molecule is O=C(NCc1ccnc(N2CCOCC2)n1)c1cc2ccccc2s1. The zero-order chi connectivity index (χ0) is 17.1. The van der Waals surface area contributed by atoms with Crippen molar-refractivity contribution in [3.8, 4) is 0 Å². The molecule has 1 fully saturated rings. The van der Waals surface area contributed by atoms with Crippen molar-refractivity contribution in [3.05, 3.63) is 53.2 Å². The van der Waals surface area contributed by atoms with Gasteiger partial charge in [0, 0.05) is 24.0 Å². The lowest BCUT2D eigenvalue weighted by Gasteiger charge is -2.26. The molecule has 0 spiro atoms. The van der Waals surface area contributed by atoms with Crippen LogP contribution in [0.3, 0.4) is 0 Å². The topological polar surface area (TPSA) is 67.4 Å². The van der Waals surface area contributed by atoms with Crippen LogP contribution in [-0.4, -0.2) is 42.2 Å². The second-order valence-corrected chi connectivity index (χ2v) is 6.86. The molecule has 3 aromatic rings. The lowest BCUT2D eigenvalue weighted by atomic mass is 10.2. The molecule has 1 aliphatic heterocycles. The number of carbonyl (C=O) groups is 1. The van der Waals surface area contributed by atoms with Gasteiger partial charge in [-0.3, -0.25) is 4.79 Å². The van der Waals surface area contributed by atoms with Gasteiger partial charge in [-0.2, -0.15) is 0 Å². The summed E-state index contributed by atoms with van der Waals surface area (Å²) in [7, 11) is 0. The number of hydrogen-bond acceptors (Lipinski definition) is 6. The van der Waals surface area contributed by atoms with Crippen molar-refractivity contribution >= 4 is 33.3 Å². The number of nitrogens with one attached hydrogen (secondary N) is 1. The van der Waals surface area contributed by atoms with E-state index < -0.39 is 0 Å². The van der Waals surface area contributed by atoms with Crippen LogP contribution in [0.25, 0.3) is 10.1 Å². The normalized spacial score (nSPS) is 14.6. The van der Waals surface area contributed by atoms with Crippen LogP contribution in [0.5, 0.6) is 0 Å². The number of amides is 1. The lowest BCUT2D eigenvalue weighted by molar-refractivity contribution is 0.0954. The maximum Gasteiger partial charge on any atom is 0.261 e. The van der Waals surface area contributed by atoms with Gasteiger partial charge in [0.2, 0.25) is 5.95 Å². The Morgan fingerprint density at radius 2 is 2.08 bits per heavy atom. The second-order valence-electron chi connectivity index (χ2n) is 5.78. The summed E-state index contributed by atoms with van der Waals surface area (Å²) in [6.07, 6.45) is 1.73. The minimum atomic E-state index is -0.0762. The number of anilines is 1. The largest absolute Gasteiger partial charge is 0.378 e. The van der Waals surface area contributed by atoms with Gasteiger partial charge in [0.05, 0.1) is 30.3 Å². The van der Waals surface area contributed by atoms with Crippen LogP contribution in [0.2, 0.25) is 0 Å². The van der Waals surface area contributed by atoms with E-state index in [1.807, 2.05) is 36.4 Å². The molecule has 128 valence electrons. The molecule has 6 nitrogen and oxygen atoms in total.